The maximum atomic E-state index is 12.1. The van der Waals surface area contributed by atoms with Gasteiger partial charge in [0.25, 0.3) is 0 Å². The van der Waals surface area contributed by atoms with E-state index in [0.29, 0.717) is 24.6 Å². The summed E-state index contributed by atoms with van der Waals surface area (Å²) in [5, 5.41) is 3.30. The largest absolute Gasteiger partial charge is 0.370 e. The van der Waals surface area contributed by atoms with Gasteiger partial charge in [0, 0.05) is 47.4 Å². The zero-order valence-electron chi connectivity index (χ0n) is 15.3. The lowest BCUT2D eigenvalue weighted by molar-refractivity contribution is -0.119. The van der Waals surface area contributed by atoms with Gasteiger partial charge in [0.2, 0.25) is 5.91 Å². The molecule has 2 unspecified atom stereocenters. The number of carbonyl (C=O) groups excluding carboxylic acids is 1. The van der Waals surface area contributed by atoms with Crippen molar-refractivity contribution in [2.45, 2.75) is 51.7 Å². The van der Waals surface area contributed by atoms with E-state index in [1.165, 1.54) is 0 Å². The van der Waals surface area contributed by atoms with E-state index < -0.39 is 10.8 Å². The lowest BCUT2D eigenvalue weighted by atomic mass is 9.95. The fourth-order valence-electron chi connectivity index (χ4n) is 2.68. The third kappa shape index (κ3) is 8.64. The van der Waals surface area contributed by atoms with Crippen molar-refractivity contribution in [1.82, 2.24) is 10.2 Å². The summed E-state index contributed by atoms with van der Waals surface area (Å²) < 4.78 is 11.9. The van der Waals surface area contributed by atoms with E-state index in [1.54, 1.807) is 0 Å². The van der Waals surface area contributed by atoms with Crippen LogP contribution in [0.5, 0.6) is 0 Å². The van der Waals surface area contributed by atoms with Crippen molar-refractivity contribution < 1.29 is 9.00 Å². The summed E-state index contributed by atoms with van der Waals surface area (Å²) in [4.78, 5) is 18.0. The molecule has 1 saturated heterocycles. The Kier molecular flexibility index (Phi) is 11.1. The molecule has 0 aromatic rings. The third-order valence-electron chi connectivity index (χ3n) is 3.86. The lowest BCUT2D eigenvalue weighted by Gasteiger charge is -2.34. The van der Waals surface area contributed by atoms with Crippen molar-refractivity contribution in [2.75, 3.05) is 31.9 Å². The second-order valence-corrected chi connectivity index (χ2v) is 9.35. The topological polar surface area (TPSA) is 87.8 Å². The van der Waals surface area contributed by atoms with Gasteiger partial charge < -0.3 is 16.0 Å². The second-order valence-electron chi connectivity index (χ2n) is 7.02. The third-order valence-corrected chi connectivity index (χ3v) is 5.78. The Labute approximate surface area is 165 Å². The van der Waals surface area contributed by atoms with Crippen LogP contribution in [-0.2, 0) is 15.6 Å². The summed E-state index contributed by atoms with van der Waals surface area (Å²) in [6.45, 7) is 11.1. The van der Waals surface area contributed by atoms with Gasteiger partial charge in [0.05, 0.1) is 6.54 Å². The van der Waals surface area contributed by atoms with Gasteiger partial charge in [0.15, 0.2) is 5.96 Å². The summed E-state index contributed by atoms with van der Waals surface area (Å²) in [5.74, 6) is 1.48. The van der Waals surface area contributed by atoms with Crippen LogP contribution in [0, 0.1) is 5.92 Å². The molecule has 1 rings (SSSR count). The Balaban J connectivity index is 0.00000529. The number of nitrogens with two attached hydrogens (primary N) is 1. The number of likely N-dealkylation sites (tertiary alicyclic amines) is 1. The van der Waals surface area contributed by atoms with Crippen LogP contribution in [0.25, 0.3) is 0 Å². The Bertz CT molecular complexity index is 452. The summed E-state index contributed by atoms with van der Waals surface area (Å²) in [6.07, 6.45) is 2.51. The molecule has 1 heterocycles. The van der Waals surface area contributed by atoms with Crippen LogP contribution in [0.2, 0.25) is 0 Å². The van der Waals surface area contributed by atoms with Gasteiger partial charge >= 0.3 is 0 Å². The van der Waals surface area contributed by atoms with E-state index in [1.807, 2.05) is 27.7 Å². The number of carbonyl (C=O) groups is 1. The van der Waals surface area contributed by atoms with E-state index in [9.17, 15) is 9.00 Å². The number of nitrogens with one attached hydrogen (secondary N) is 1. The number of aliphatic imine (C=N–C) groups is 1. The van der Waals surface area contributed by atoms with Crippen LogP contribution in [0.15, 0.2) is 4.99 Å². The van der Waals surface area contributed by atoms with Crippen LogP contribution in [0.3, 0.4) is 0 Å². The molecule has 0 aliphatic carbocycles. The summed E-state index contributed by atoms with van der Waals surface area (Å²) in [5.41, 5.74) is 5.32. The molecule has 0 aromatic heterocycles. The van der Waals surface area contributed by atoms with Gasteiger partial charge in [-0.3, -0.25) is 14.0 Å². The number of primary amides is 1. The van der Waals surface area contributed by atoms with Gasteiger partial charge in [-0.05, 0) is 46.5 Å². The highest BCUT2D eigenvalue weighted by Crippen LogP contribution is 2.19. The molecule has 2 atom stereocenters. The number of hydrogen-bond donors (Lipinski definition) is 2. The number of nitrogens with zero attached hydrogens (tertiary/aromatic N) is 2. The normalized spacial score (nSPS) is 20.2. The average Bonchev–Trinajstić information content (AvgIpc) is 2.44. The molecule has 0 bridgehead atoms. The van der Waals surface area contributed by atoms with Crippen molar-refractivity contribution >= 4 is 46.6 Å². The molecule has 142 valence electrons. The highest BCUT2D eigenvalue weighted by molar-refractivity contribution is 14.0. The molecule has 0 radical (unpaired) electrons. The molecule has 1 aliphatic rings. The van der Waals surface area contributed by atoms with Gasteiger partial charge in [-0.2, -0.15) is 0 Å². The number of amides is 1. The fraction of sp³-hybridized carbons (Fsp3) is 0.875. The minimum Gasteiger partial charge on any atom is -0.370 e. The predicted molar refractivity (Wildman–Crippen MR) is 112 cm³/mol. The molecule has 0 aromatic carbocycles. The number of rotatable bonds is 6. The van der Waals surface area contributed by atoms with E-state index in [2.05, 4.69) is 15.2 Å². The minimum atomic E-state index is -0.892. The maximum absolute atomic E-state index is 12.1. The predicted octanol–water partition coefficient (Wildman–Crippen LogP) is 1.70. The molecule has 3 N–H and O–H groups in total. The first-order valence-electron chi connectivity index (χ1n) is 8.44. The van der Waals surface area contributed by atoms with Gasteiger partial charge in [0.1, 0.15) is 0 Å². The molecular weight excluding hydrogens is 439 g/mol. The van der Waals surface area contributed by atoms with Crippen LogP contribution in [0.1, 0.15) is 47.0 Å². The van der Waals surface area contributed by atoms with Crippen molar-refractivity contribution in [3.05, 3.63) is 0 Å². The van der Waals surface area contributed by atoms with E-state index in [-0.39, 0.29) is 34.6 Å². The summed E-state index contributed by atoms with van der Waals surface area (Å²) in [6, 6.07) is 0. The molecule has 8 heteroatoms. The quantitative estimate of drug-likeness (QED) is 0.350. The first kappa shape index (κ1) is 23.6. The SMILES string of the molecule is CCNC(=NCCS(=O)C(C)(C)C)N1CCCC(CC(N)=O)C1.I. The lowest BCUT2D eigenvalue weighted by Crippen LogP contribution is -2.47. The van der Waals surface area contributed by atoms with E-state index in [4.69, 9.17) is 5.73 Å². The van der Waals surface area contributed by atoms with Crippen LogP contribution >= 0.6 is 24.0 Å². The number of hydrogen-bond acceptors (Lipinski definition) is 3. The Morgan fingerprint density at radius 2 is 2.08 bits per heavy atom. The van der Waals surface area contributed by atoms with Gasteiger partial charge in [-0.1, -0.05) is 0 Å². The Morgan fingerprint density at radius 3 is 2.62 bits per heavy atom. The van der Waals surface area contributed by atoms with Crippen LogP contribution < -0.4 is 11.1 Å². The standard InChI is InChI=1S/C16H32N4O2S.HI/c1-5-18-15(19-8-10-23(22)16(2,3)4)20-9-6-7-13(12-20)11-14(17)21;/h13H,5-12H2,1-4H3,(H2,17,21)(H,18,19);1H. The summed E-state index contributed by atoms with van der Waals surface area (Å²) >= 11 is 0. The smallest absolute Gasteiger partial charge is 0.217 e. The number of halogens is 1. The van der Waals surface area contributed by atoms with Crippen molar-refractivity contribution in [1.29, 1.82) is 0 Å². The van der Waals surface area contributed by atoms with Gasteiger partial charge in [-0.15, -0.1) is 24.0 Å². The molecule has 6 nitrogen and oxygen atoms in total. The molecule has 0 spiro atoms. The number of piperidine rings is 1. The molecule has 1 aliphatic heterocycles. The van der Waals surface area contributed by atoms with Gasteiger partial charge in [-0.25, -0.2) is 0 Å². The monoisotopic (exact) mass is 472 g/mol. The van der Waals surface area contributed by atoms with Crippen molar-refractivity contribution in [3.63, 3.8) is 0 Å². The first-order chi connectivity index (χ1) is 10.7. The number of guanidine groups is 1. The maximum Gasteiger partial charge on any atom is 0.217 e. The second kappa shape index (κ2) is 11.3. The fourth-order valence-corrected chi connectivity index (χ4v) is 3.54. The highest BCUT2D eigenvalue weighted by Gasteiger charge is 2.24. The first-order valence-corrected chi connectivity index (χ1v) is 9.76. The van der Waals surface area contributed by atoms with E-state index >= 15 is 0 Å². The van der Waals surface area contributed by atoms with Crippen LogP contribution in [-0.4, -0.2) is 57.7 Å². The summed E-state index contributed by atoms with van der Waals surface area (Å²) in [7, 11) is -0.892. The van der Waals surface area contributed by atoms with Crippen molar-refractivity contribution in [2.24, 2.45) is 16.6 Å². The van der Waals surface area contributed by atoms with Crippen LogP contribution in [0.4, 0.5) is 0 Å². The van der Waals surface area contributed by atoms with E-state index in [0.717, 1.165) is 38.4 Å². The zero-order valence-corrected chi connectivity index (χ0v) is 18.5. The Morgan fingerprint density at radius 1 is 1.42 bits per heavy atom. The molecule has 1 amide bonds. The Hall–Kier alpha value is -0.380. The highest BCUT2D eigenvalue weighted by atomic mass is 127. The zero-order chi connectivity index (χ0) is 17.5. The minimum absolute atomic E-state index is 0. The molecule has 0 saturated carbocycles. The molecule has 1 fully saturated rings. The van der Waals surface area contributed by atoms with Crippen molar-refractivity contribution in [3.8, 4) is 0 Å². The molecule has 24 heavy (non-hydrogen) atoms. The molecular formula is C16H33IN4O2S. The average molecular weight is 472 g/mol.